The lowest BCUT2D eigenvalue weighted by Crippen LogP contribution is -2.43. The number of aryl methyl sites for hydroxylation is 1. The fourth-order valence-corrected chi connectivity index (χ4v) is 4.52. The Hall–Kier alpha value is -2.91. The zero-order valence-corrected chi connectivity index (χ0v) is 17.3. The van der Waals surface area contributed by atoms with E-state index < -0.39 is 6.10 Å². The summed E-state index contributed by atoms with van der Waals surface area (Å²) in [5, 5.41) is 0.886. The maximum Gasteiger partial charge on any atom is 0.274 e. The van der Waals surface area contributed by atoms with Crippen molar-refractivity contribution >= 4 is 33.4 Å². The second-order valence-corrected chi connectivity index (χ2v) is 8.05. The van der Waals surface area contributed by atoms with E-state index >= 15 is 0 Å². The minimum atomic E-state index is -0.414. The molecule has 0 radical (unpaired) electrons. The zero-order valence-electron chi connectivity index (χ0n) is 16.5. The van der Waals surface area contributed by atoms with E-state index in [1.54, 1.807) is 36.3 Å². The molecule has 0 aromatic carbocycles. The van der Waals surface area contributed by atoms with Crippen LogP contribution in [0.1, 0.15) is 37.5 Å². The molecule has 1 aliphatic rings. The molecule has 1 atom stereocenters. The molecule has 1 unspecified atom stereocenters. The maximum atomic E-state index is 12.9. The molecule has 1 fully saturated rings. The van der Waals surface area contributed by atoms with E-state index in [2.05, 4.69) is 15.0 Å². The van der Waals surface area contributed by atoms with Gasteiger partial charge in [0.1, 0.15) is 21.5 Å². The number of carbonyl (C=O) groups excluding carboxylic acids is 2. The van der Waals surface area contributed by atoms with Gasteiger partial charge in [-0.25, -0.2) is 9.97 Å². The number of hydrogen-bond acceptors (Lipinski definition) is 7. The van der Waals surface area contributed by atoms with Crippen LogP contribution in [0.2, 0.25) is 0 Å². The standard InChI is InChI=1S/C20H21N5O3S/c1-12-9-23-14(10-22-12)19(26)25-7-8-28-15(11-25)16-13-5-4-6-21-18(13)29-17(16)20(27)24(2)3/h4-6,9-10,15H,7-8,11H2,1-3H3. The quantitative estimate of drug-likeness (QED) is 0.657. The van der Waals surface area contributed by atoms with Crippen LogP contribution < -0.4 is 0 Å². The van der Waals surface area contributed by atoms with E-state index in [4.69, 9.17) is 4.74 Å². The fraction of sp³-hybridized carbons (Fsp3) is 0.350. The molecule has 4 rings (SSSR count). The lowest BCUT2D eigenvalue weighted by Gasteiger charge is -2.33. The molecule has 2 amide bonds. The molecular weight excluding hydrogens is 390 g/mol. The summed E-state index contributed by atoms with van der Waals surface area (Å²) in [4.78, 5) is 43.1. The molecule has 1 aliphatic heterocycles. The second-order valence-electron chi connectivity index (χ2n) is 7.05. The number of morpholine rings is 1. The summed E-state index contributed by atoms with van der Waals surface area (Å²) in [6, 6.07) is 3.78. The van der Waals surface area contributed by atoms with E-state index in [9.17, 15) is 9.59 Å². The highest BCUT2D eigenvalue weighted by Crippen LogP contribution is 2.37. The Bertz CT molecular complexity index is 1060. The highest BCUT2D eigenvalue weighted by molar-refractivity contribution is 7.20. The van der Waals surface area contributed by atoms with Gasteiger partial charge in [-0.2, -0.15) is 0 Å². The molecule has 1 saturated heterocycles. The normalized spacial score (nSPS) is 16.8. The van der Waals surface area contributed by atoms with Crippen molar-refractivity contribution in [1.29, 1.82) is 0 Å². The number of amides is 2. The van der Waals surface area contributed by atoms with Crippen LogP contribution in [0.25, 0.3) is 10.2 Å². The summed E-state index contributed by atoms with van der Waals surface area (Å²) >= 11 is 1.35. The zero-order chi connectivity index (χ0) is 20.5. The number of pyridine rings is 1. The number of carbonyl (C=O) groups is 2. The largest absolute Gasteiger partial charge is 0.370 e. The predicted molar refractivity (Wildman–Crippen MR) is 109 cm³/mol. The number of thiophene rings is 1. The Balaban J connectivity index is 1.68. The van der Waals surface area contributed by atoms with Gasteiger partial charge in [0, 0.05) is 44.0 Å². The van der Waals surface area contributed by atoms with Gasteiger partial charge in [0.25, 0.3) is 11.8 Å². The van der Waals surface area contributed by atoms with Crippen molar-refractivity contribution in [3.8, 4) is 0 Å². The number of ether oxygens (including phenoxy) is 1. The first-order chi connectivity index (χ1) is 14.0. The third-order valence-corrected chi connectivity index (χ3v) is 5.90. The van der Waals surface area contributed by atoms with Crippen molar-refractivity contribution in [2.45, 2.75) is 13.0 Å². The minimum Gasteiger partial charge on any atom is -0.370 e. The second kappa shape index (κ2) is 7.84. The van der Waals surface area contributed by atoms with Gasteiger partial charge >= 0.3 is 0 Å². The van der Waals surface area contributed by atoms with Crippen LogP contribution in [0.3, 0.4) is 0 Å². The number of hydrogen-bond donors (Lipinski definition) is 0. The van der Waals surface area contributed by atoms with Gasteiger partial charge in [-0.3, -0.25) is 14.6 Å². The summed E-state index contributed by atoms with van der Waals surface area (Å²) in [5.41, 5.74) is 1.85. The average Bonchev–Trinajstić information content (AvgIpc) is 3.12. The molecule has 0 N–H and O–H groups in total. The van der Waals surface area contributed by atoms with Crippen molar-refractivity contribution in [2.24, 2.45) is 0 Å². The molecule has 0 saturated carbocycles. The molecule has 9 heteroatoms. The van der Waals surface area contributed by atoms with Gasteiger partial charge < -0.3 is 14.5 Å². The van der Waals surface area contributed by atoms with Gasteiger partial charge in [0.05, 0.1) is 25.0 Å². The molecule has 8 nitrogen and oxygen atoms in total. The fourth-order valence-electron chi connectivity index (χ4n) is 3.31. The van der Waals surface area contributed by atoms with E-state index in [0.717, 1.165) is 21.5 Å². The molecular formula is C20H21N5O3S. The first kappa shape index (κ1) is 19.4. The molecule has 3 aromatic heterocycles. The van der Waals surface area contributed by atoms with Crippen LogP contribution in [-0.4, -0.2) is 70.4 Å². The van der Waals surface area contributed by atoms with E-state index in [0.29, 0.717) is 30.3 Å². The SMILES string of the molecule is Cc1cnc(C(=O)N2CCOC(c3c(C(=O)N(C)C)sc4ncccc34)C2)cn1. The molecule has 3 aromatic rings. The minimum absolute atomic E-state index is 0.0977. The molecule has 150 valence electrons. The van der Waals surface area contributed by atoms with Gasteiger partial charge in [-0.15, -0.1) is 11.3 Å². The maximum absolute atomic E-state index is 12.9. The van der Waals surface area contributed by atoms with Crippen LogP contribution in [0.15, 0.2) is 30.7 Å². The monoisotopic (exact) mass is 411 g/mol. The van der Waals surface area contributed by atoms with Crippen LogP contribution in [0.5, 0.6) is 0 Å². The van der Waals surface area contributed by atoms with Crippen molar-refractivity contribution < 1.29 is 14.3 Å². The van der Waals surface area contributed by atoms with Crippen LogP contribution in [-0.2, 0) is 4.74 Å². The van der Waals surface area contributed by atoms with Crippen molar-refractivity contribution in [1.82, 2.24) is 24.8 Å². The predicted octanol–water partition coefficient (Wildman–Crippen LogP) is 2.31. The summed E-state index contributed by atoms with van der Waals surface area (Å²) in [6.45, 7) is 3.00. The average molecular weight is 411 g/mol. The van der Waals surface area contributed by atoms with Gasteiger partial charge in [-0.1, -0.05) is 6.07 Å². The number of fused-ring (bicyclic) bond motifs is 1. The Morgan fingerprint density at radius 1 is 1.24 bits per heavy atom. The van der Waals surface area contributed by atoms with Crippen molar-refractivity contribution in [2.75, 3.05) is 33.8 Å². The number of aromatic nitrogens is 3. The van der Waals surface area contributed by atoms with Gasteiger partial charge in [0.15, 0.2) is 0 Å². The Morgan fingerprint density at radius 3 is 2.79 bits per heavy atom. The number of rotatable bonds is 3. The molecule has 0 bridgehead atoms. The van der Waals surface area contributed by atoms with Crippen LogP contribution >= 0.6 is 11.3 Å². The third kappa shape index (κ3) is 3.70. The first-order valence-electron chi connectivity index (χ1n) is 9.24. The van der Waals surface area contributed by atoms with Gasteiger partial charge in [-0.05, 0) is 13.0 Å². The van der Waals surface area contributed by atoms with Crippen LogP contribution in [0, 0.1) is 6.92 Å². The highest BCUT2D eigenvalue weighted by Gasteiger charge is 2.32. The van der Waals surface area contributed by atoms with Gasteiger partial charge in [0.2, 0.25) is 0 Å². The third-order valence-electron chi connectivity index (χ3n) is 4.78. The number of nitrogens with zero attached hydrogens (tertiary/aromatic N) is 5. The van der Waals surface area contributed by atoms with Crippen molar-refractivity contribution in [3.05, 3.63) is 52.6 Å². The van der Waals surface area contributed by atoms with E-state index in [1.165, 1.54) is 17.5 Å². The smallest absolute Gasteiger partial charge is 0.274 e. The summed E-state index contributed by atoms with van der Waals surface area (Å²) in [5.74, 6) is -0.289. The van der Waals surface area contributed by atoms with E-state index in [1.807, 2.05) is 19.1 Å². The molecule has 29 heavy (non-hydrogen) atoms. The van der Waals surface area contributed by atoms with Crippen LogP contribution in [0.4, 0.5) is 0 Å². The Kier molecular flexibility index (Phi) is 5.25. The van der Waals surface area contributed by atoms with E-state index in [-0.39, 0.29) is 11.8 Å². The summed E-state index contributed by atoms with van der Waals surface area (Å²) in [6.07, 6.45) is 4.37. The summed E-state index contributed by atoms with van der Waals surface area (Å²) in [7, 11) is 3.44. The molecule has 0 spiro atoms. The Labute approximate surface area is 172 Å². The summed E-state index contributed by atoms with van der Waals surface area (Å²) < 4.78 is 6.01. The van der Waals surface area contributed by atoms with Crippen molar-refractivity contribution in [3.63, 3.8) is 0 Å². The molecule has 0 aliphatic carbocycles. The Morgan fingerprint density at radius 2 is 2.07 bits per heavy atom. The lowest BCUT2D eigenvalue weighted by atomic mass is 10.0. The highest BCUT2D eigenvalue weighted by atomic mass is 32.1. The first-order valence-corrected chi connectivity index (χ1v) is 10.1. The lowest BCUT2D eigenvalue weighted by molar-refractivity contribution is -0.0225. The molecule has 4 heterocycles. The topological polar surface area (TPSA) is 88.5 Å².